The number of carbonyl (C=O) groups excluding carboxylic acids is 1. The molecule has 0 unspecified atom stereocenters. The predicted molar refractivity (Wildman–Crippen MR) is 50.4 cm³/mol. The molecule has 0 heterocycles. The molecule has 0 amide bonds. The Hall–Kier alpha value is -1.51. The van der Waals surface area contributed by atoms with E-state index in [1.807, 2.05) is 0 Å². The van der Waals surface area contributed by atoms with Gasteiger partial charge in [-0.15, -0.1) is 0 Å². The first-order chi connectivity index (χ1) is 5.63. The summed E-state index contributed by atoms with van der Waals surface area (Å²) in [5, 5.41) is 2.93. The Morgan fingerprint density at radius 3 is 2.58 bits per heavy atom. The molecule has 1 rings (SSSR count). The van der Waals surface area contributed by atoms with Crippen molar-refractivity contribution in [2.75, 3.05) is 18.1 Å². The highest BCUT2D eigenvalue weighted by Crippen LogP contribution is 2.16. The molecule has 12 heavy (non-hydrogen) atoms. The summed E-state index contributed by atoms with van der Waals surface area (Å²) in [5.41, 5.74) is 7.68. The molecule has 3 nitrogen and oxygen atoms in total. The van der Waals surface area contributed by atoms with E-state index in [2.05, 4.69) is 5.32 Å². The Morgan fingerprint density at radius 2 is 2.08 bits per heavy atom. The molecule has 0 atom stereocenters. The maximum Gasteiger partial charge on any atom is 0.159 e. The summed E-state index contributed by atoms with van der Waals surface area (Å²) in [4.78, 5) is 11.0. The highest BCUT2D eigenvalue weighted by Gasteiger charge is 2.01. The Kier molecular flexibility index (Phi) is 2.33. The molecular formula is C9H12N2O. The van der Waals surface area contributed by atoms with Gasteiger partial charge in [0, 0.05) is 24.0 Å². The number of hydrogen-bond acceptors (Lipinski definition) is 3. The summed E-state index contributed by atoms with van der Waals surface area (Å²) < 4.78 is 0. The second-order valence-electron chi connectivity index (χ2n) is 2.65. The van der Waals surface area contributed by atoms with E-state index in [1.165, 1.54) is 6.92 Å². The van der Waals surface area contributed by atoms with Crippen molar-refractivity contribution in [1.82, 2.24) is 0 Å². The number of Topliss-reactive ketones (excluding diaryl/α,β-unsaturated/α-hetero) is 1. The largest absolute Gasteiger partial charge is 0.399 e. The lowest BCUT2D eigenvalue weighted by atomic mass is 10.1. The van der Waals surface area contributed by atoms with E-state index in [-0.39, 0.29) is 5.78 Å². The minimum atomic E-state index is 0.0267. The maximum atomic E-state index is 11.0. The fraction of sp³-hybridized carbons (Fsp3) is 0.222. The normalized spacial score (nSPS) is 9.50. The zero-order valence-corrected chi connectivity index (χ0v) is 7.22. The molecule has 0 bridgehead atoms. The maximum absolute atomic E-state index is 11.0. The van der Waals surface area contributed by atoms with Gasteiger partial charge >= 0.3 is 0 Å². The second kappa shape index (κ2) is 3.26. The molecule has 0 fully saturated rings. The number of nitrogens with two attached hydrogens (primary N) is 1. The van der Waals surface area contributed by atoms with Crippen LogP contribution in [0.3, 0.4) is 0 Å². The van der Waals surface area contributed by atoms with Crippen LogP contribution in [0.1, 0.15) is 17.3 Å². The van der Waals surface area contributed by atoms with E-state index >= 15 is 0 Å². The van der Waals surface area contributed by atoms with Crippen molar-refractivity contribution in [1.29, 1.82) is 0 Å². The molecule has 0 aliphatic rings. The predicted octanol–water partition coefficient (Wildman–Crippen LogP) is 1.51. The van der Waals surface area contributed by atoms with E-state index < -0.39 is 0 Å². The van der Waals surface area contributed by atoms with Gasteiger partial charge in [0.15, 0.2) is 5.78 Å². The van der Waals surface area contributed by atoms with Crippen molar-refractivity contribution in [3.63, 3.8) is 0 Å². The first kappa shape index (κ1) is 8.59. The van der Waals surface area contributed by atoms with Gasteiger partial charge in [-0.2, -0.15) is 0 Å². The van der Waals surface area contributed by atoms with Crippen LogP contribution in [0.4, 0.5) is 11.4 Å². The summed E-state index contributed by atoms with van der Waals surface area (Å²) in [6.07, 6.45) is 0. The van der Waals surface area contributed by atoms with Crippen LogP contribution in [0.15, 0.2) is 18.2 Å². The number of benzene rings is 1. The molecule has 0 saturated heterocycles. The molecule has 3 heteroatoms. The first-order valence-corrected chi connectivity index (χ1v) is 3.72. The highest BCUT2D eigenvalue weighted by atomic mass is 16.1. The third-order valence-corrected chi connectivity index (χ3v) is 1.65. The molecule has 1 aromatic carbocycles. The molecule has 0 aliphatic heterocycles. The quantitative estimate of drug-likeness (QED) is 0.514. The number of rotatable bonds is 2. The molecule has 64 valence electrons. The number of hydrogen-bond donors (Lipinski definition) is 2. The smallest absolute Gasteiger partial charge is 0.159 e. The number of anilines is 2. The number of carbonyl (C=O) groups is 1. The fourth-order valence-corrected chi connectivity index (χ4v) is 0.999. The minimum absolute atomic E-state index is 0.0267. The van der Waals surface area contributed by atoms with Crippen LogP contribution < -0.4 is 11.1 Å². The molecule has 0 aliphatic carbocycles. The SMILES string of the molecule is CNc1cc(N)cc(C(C)=O)c1. The fourth-order valence-electron chi connectivity index (χ4n) is 0.999. The average Bonchev–Trinajstić information content (AvgIpc) is 2.03. The van der Waals surface area contributed by atoms with Crippen molar-refractivity contribution < 1.29 is 4.79 Å². The Balaban J connectivity index is 3.15. The average molecular weight is 164 g/mol. The molecule has 0 radical (unpaired) electrons. The molecule has 0 saturated carbocycles. The highest BCUT2D eigenvalue weighted by molar-refractivity contribution is 5.96. The van der Waals surface area contributed by atoms with Gasteiger partial charge in [0.05, 0.1) is 0 Å². The van der Waals surface area contributed by atoms with E-state index in [1.54, 1.807) is 25.2 Å². The van der Waals surface area contributed by atoms with Gasteiger partial charge in [-0.05, 0) is 25.1 Å². The van der Waals surface area contributed by atoms with Crippen LogP contribution in [0.25, 0.3) is 0 Å². The topological polar surface area (TPSA) is 55.1 Å². The monoisotopic (exact) mass is 164 g/mol. The minimum Gasteiger partial charge on any atom is -0.399 e. The zero-order valence-electron chi connectivity index (χ0n) is 7.22. The van der Waals surface area contributed by atoms with Crippen LogP contribution in [0.5, 0.6) is 0 Å². The summed E-state index contributed by atoms with van der Waals surface area (Å²) in [6, 6.07) is 5.23. The molecule has 0 aromatic heterocycles. The van der Waals surface area contributed by atoms with E-state index in [0.717, 1.165) is 5.69 Å². The first-order valence-electron chi connectivity index (χ1n) is 3.72. The summed E-state index contributed by atoms with van der Waals surface area (Å²) in [5.74, 6) is 0.0267. The van der Waals surface area contributed by atoms with Crippen molar-refractivity contribution in [2.45, 2.75) is 6.92 Å². The summed E-state index contributed by atoms with van der Waals surface area (Å²) in [7, 11) is 1.79. The van der Waals surface area contributed by atoms with Crippen LogP contribution >= 0.6 is 0 Å². The van der Waals surface area contributed by atoms with Gasteiger partial charge in [-0.3, -0.25) is 4.79 Å². The molecule has 1 aromatic rings. The molecule has 0 spiro atoms. The third kappa shape index (κ3) is 1.75. The van der Waals surface area contributed by atoms with Crippen LogP contribution in [0, 0.1) is 0 Å². The van der Waals surface area contributed by atoms with Crippen LogP contribution in [-0.4, -0.2) is 12.8 Å². The number of nitrogens with one attached hydrogen (secondary N) is 1. The number of nitrogen functional groups attached to an aromatic ring is 1. The Bertz CT molecular complexity index is 307. The van der Waals surface area contributed by atoms with Crippen molar-refractivity contribution in [2.24, 2.45) is 0 Å². The molecule has 3 N–H and O–H groups in total. The van der Waals surface area contributed by atoms with Gasteiger partial charge < -0.3 is 11.1 Å². The summed E-state index contributed by atoms with van der Waals surface area (Å²) >= 11 is 0. The summed E-state index contributed by atoms with van der Waals surface area (Å²) in [6.45, 7) is 1.52. The van der Waals surface area contributed by atoms with Gasteiger partial charge in [0.2, 0.25) is 0 Å². The second-order valence-corrected chi connectivity index (χ2v) is 2.65. The van der Waals surface area contributed by atoms with E-state index in [0.29, 0.717) is 11.3 Å². The van der Waals surface area contributed by atoms with Gasteiger partial charge in [0.1, 0.15) is 0 Å². The zero-order chi connectivity index (χ0) is 9.14. The van der Waals surface area contributed by atoms with Gasteiger partial charge in [-0.25, -0.2) is 0 Å². The molecular weight excluding hydrogens is 152 g/mol. The van der Waals surface area contributed by atoms with E-state index in [4.69, 9.17) is 5.73 Å². The van der Waals surface area contributed by atoms with Gasteiger partial charge in [0.25, 0.3) is 0 Å². The van der Waals surface area contributed by atoms with Crippen molar-refractivity contribution >= 4 is 17.2 Å². The lowest BCUT2D eigenvalue weighted by Gasteiger charge is -2.03. The number of ketones is 1. The Labute approximate surface area is 71.6 Å². The van der Waals surface area contributed by atoms with Crippen molar-refractivity contribution in [3.8, 4) is 0 Å². The Morgan fingerprint density at radius 1 is 1.42 bits per heavy atom. The lowest BCUT2D eigenvalue weighted by Crippen LogP contribution is -1.97. The standard InChI is InChI=1S/C9H12N2O/c1-6(12)7-3-8(10)5-9(4-7)11-2/h3-5,11H,10H2,1-2H3. The van der Waals surface area contributed by atoms with Crippen molar-refractivity contribution in [3.05, 3.63) is 23.8 Å². The third-order valence-electron chi connectivity index (χ3n) is 1.65. The van der Waals surface area contributed by atoms with Gasteiger partial charge in [-0.1, -0.05) is 0 Å². The van der Waals surface area contributed by atoms with Crippen LogP contribution in [0.2, 0.25) is 0 Å². The van der Waals surface area contributed by atoms with E-state index in [9.17, 15) is 4.79 Å². The van der Waals surface area contributed by atoms with Crippen LogP contribution in [-0.2, 0) is 0 Å². The lowest BCUT2D eigenvalue weighted by molar-refractivity contribution is 0.101.